The Morgan fingerprint density at radius 2 is 1.94 bits per heavy atom. The zero-order valence-electron chi connectivity index (χ0n) is 20.8. The van der Waals surface area contributed by atoms with E-state index in [4.69, 9.17) is 9.40 Å². The first-order valence-corrected chi connectivity index (χ1v) is 12.2. The molecule has 0 radical (unpaired) electrons. The third kappa shape index (κ3) is 7.22. The lowest BCUT2D eigenvalue weighted by Gasteiger charge is -2.19. The second kappa shape index (κ2) is 11.9. The van der Waals surface area contributed by atoms with Gasteiger partial charge in [-0.05, 0) is 47.0 Å². The van der Waals surface area contributed by atoms with Crippen LogP contribution < -0.4 is 15.5 Å². The van der Waals surface area contributed by atoms with Crippen molar-refractivity contribution < 1.29 is 9.21 Å². The van der Waals surface area contributed by atoms with E-state index in [1.165, 1.54) is 11.3 Å². The molecule has 0 aromatic carbocycles. The van der Waals surface area contributed by atoms with Gasteiger partial charge in [0.1, 0.15) is 5.76 Å². The number of nitrogens with zero attached hydrogens (tertiary/aromatic N) is 6. The zero-order chi connectivity index (χ0) is 24.7. The van der Waals surface area contributed by atoms with Crippen molar-refractivity contribution in [3.8, 4) is 10.6 Å². The number of hydrogen-bond donors (Lipinski definition) is 2. The van der Waals surface area contributed by atoms with Crippen LogP contribution in [0.2, 0.25) is 0 Å². The van der Waals surface area contributed by atoms with Crippen molar-refractivity contribution in [3.63, 3.8) is 0 Å². The van der Waals surface area contributed by atoms with E-state index in [0.29, 0.717) is 29.9 Å². The Kier molecular flexibility index (Phi) is 8.94. The standard InChI is InChI=1S/C23H34N8O2S/c1-7-17-14-25-19(33-17)9-10-24-22(32)29-23-27-16(3)20(34-23)18-13-15(2)26-21(28-18)31(6)12-8-11-30(4)5/h13-14H,7-12H2,1-6H3,(H2,24,27,29,32). The van der Waals surface area contributed by atoms with Crippen LogP contribution in [-0.4, -0.2) is 71.6 Å². The van der Waals surface area contributed by atoms with Crippen molar-refractivity contribution in [1.82, 2.24) is 30.2 Å². The van der Waals surface area contributed by atoms with Gasteiger partial charge in [0.15, 0.2) is 11.0 Å². The number of amides is 2. The SMILES string of the molecule is CCc1cnc(CCNC(=O)Nc2nc(C)c(-c3cc(C)nc(N(C)CCCN(C)C)n3)s2)o1. The molecule has 0 spiro atoms. The normalized spacial score (nSPS) is 11.1. The fourth-order valence-electron chi connectivity index (χ4n) is 3.30. The van der Waals surface area contributed by atoms with Crippen molar-refractivity contribution in [1.29, 1.82) is 0 Å². The van der Waals surface area contributed by atoms with E-state index in [1.807, 2.05) is 33.9 Å². The molecule has 3 heterocycles. The first-order valence-electron chi connectivity index (χ1n) is 11.4. The van der Waals surface area contributed by atoms with Crippen molar-refractivity contribution in [2.75, 3.05) is 51.0 Å². The highest BCUT2D eigenvalue weighted by atomic mass is 32.1. The molecule has 2 N–H and O–H groups in total. The van der Waals surface area contributed by atoms with Crippen LogP contribution in [0.5, 0.6) is 0 Å². The van der Waals surface area contributed by atoms with Crippen LogP contribution in [0.3, 0.4) is 0 Å². The third-order valence-electron chi connectivity index (χ3n) is 5.11. The van der Waals surface area contributed by atoms with E-state index in [9.17, 15) is 4.79 Å². The first kappa shape index (κ1) is 25.6. The molecular weight excluding hydrogens is 452 g/mol. The molecular formula is C23H34N8O2S. The summed E-state index contributed by atoms with van der Waals surface area (Å²) >= 11 is 1.40. The fourth-order valence-corrected chi connectivity index (χ4v) is 4.23. The molecule has 0 bridgehead atoms. The second-order valence-electron chi connectivity index (χ2n) is 8.41. The Hall–Kier alpha value is -3.05. The number of carbonyl (C=O) groups excluding carboxylic acids is 1. The molecule has 0 aliphatic heterocycles. The van der Waals surface area contributed by atoms with Crippen LogP contribution in [0.25, 0.3) is 10.6 Å². The molecule has 11 heteroatoms. The molecule has 184 valence electrons. The predicted molar refractivity (Wildman–Crippen MR) is 136 cm³/mol. The van der Waals surface area contributed by atoms with Gasteiger partial charge in [-0.3, -0.25) is 5.32 Å². The molecule has 0 fully saturated rings. The number of aromatic nitrogens is 4. The second-order valence-corrected chi connectivity index (χ2v) is 9.41. The van der Waals surface area contributed by atoms with Gasteiger partial charge in [-0.15, -0.1) is 0 Å². The van der Waals surface area contributed by atoms with Crippen LogP contribution in [0.1, 0.15) is 36.4 Å². The molecule has 10 nitrogen and oxygen atoms in total. The van der Waals surface area contributed by atoms with Crippen LogP contribution in [0.15, 0.2) is 16.7 Å². The monoisotopic (exact) mass is 486 g/mol. The van der Waals surface area contributed by atoms with Gasteiger partial charge in [0.2, 0.25) is 5.95 Å². The molecule has 0 saturated carbocycles. The lowest BCUT2D eigenvalue weighted by molar-refractivity contribution is 0.252. The maximum absolute atomic E-state index is 12.3. The number of aryl methyl sites for hydroxylation is 3. The van der Waals surface area contributed by atoms with Crippen LogP contribution in [0.4, 0.5) is 15.9 Å². The Morgan fingerprint density at radius 3 is 2.65 bits per heavy atom. The number of carbonyl (C=O) groups is 1. The summed E-state index contributed by atoms with van der Waals surface area (Å²) < 4.78 is 5.56. The van der Waals surface area contributed by atoms with Gasteiger partial charge in [-0.2, -0.15) is 0 Å². The van der Waals surface area contributed by atoms with Gasteiger partial charge in [0, 0.05) is 38.7 Å². The molecule has 34 heavy (non-hydrogen) atoms. The molecule has 0 atom stereocenters. The van der Waals surface area contributed by atoms with E-state index < -0.39 is 0 Å². The summed E-state index contributed by atoms with van der Waals surface area (Å²) in [6.45, 7) is 8.17. The minimum absolute atomic E-state index is 0.317. The summed E-state index contributed by atoms with van der Waals surface area (Å²) in [7, 11) is 6.14. The van der Waals surface area contributed by atoms with Crippen LogP contribution >= 0.6 is 11.3 Å². The molecule has 3 aromatic heterocycles. The summed E-state index contributed by atoms with van der Waals surface area (Å²) in [5.41, 5.74) is 2.50. The minimum atomic E-state index is -0.317. The van der Waals surface area contributed by atoms with Crippen molar-refractivity contribution in [2.24, 2.45) is 0 Å². The average molecular weight is 487 g/mol. The summed E-state index contributed by atoms with van der Waals surface area (Å²) in [5, 5.41) is 6.15. The highest BCUT2D eigenvalue weighted by Crippen LogP contribution is 2.32. The van der Waals surface area contributed by atoms with E-state index >= 15 is 0 Å². The summed E-state index contributed by atoms with van der Waals surface area (Å²) in [4.78, 5) is 35.6. The molecule has 3 aromatic rings. The summed E-state index contributed by atoms with van der Waals surface area (Å²) in [6.07, 6.45) is 4.07. The van der Waals surface area contributed by atoms with Gasteiger partial charge in [-0.1, -0.05) is 18.3 Å². The van der Waals surface area contributed by atoms with Crippen molar-refractivity contribution in [2.45, 2.75) is 40.0 Å². The lowest BCUT2D eigenvalue weighted by Crippen LogP contribution is -2.30. The van der Waals surface area contributed by atoms with Crippen LogP contribution in [0, 0.1) is 13.8 Å². The molecule has 0 aliphatic rings. The van der Waals surface area contributed by atoms with E-state index in [2.05, 4.69) is 49.5 Å². The van der Waals surface area contributed by atoms with E-state index in [-0.39, 0.29) is 6.03 Å². The Balaban J connectivity index is 1.61. The number of urea groups is 1. The van der Waals surface area contributed by atoms with Crippen LogP contribution in [-0.2, 0) is 12.8 Å². The molecule has 0 unspecified atom stereocenters. The summed E-state index contributed by atoms with van der Waals surface area (Å²) in [5.74, 6) is 2.14. The maximum atomic E-state index is 12.3. The van der Waals surface area contributed by atoms with Crippen molar-refractivity contribution in [3.05, 3.63) is 35.3 Å². The highest BCUT2D eigenvalue weighted by molar-refractivity contribution is 7.19. The van der Waals surface area contributed by atoms with Crippen molar-refractivity contribution >= 4 is 28.4 Å². The highest BCUT2D eigenvalue weighted by Gasteiger charge is 2.16. The van der Waals surface area contributed by atoms with Gasteiger partial charge < -0.3 is 19.5 Å². The molecule has 0 saturated heterocycles. The van der Waals surface area contributed by atoms with Gasteiger partial charge in [-0.25, -0.2) is 24.7 Å². The topological polar surface area (TPSA) is 112 Å². The lowest BCUT2D eigenvalue weighted by atomic mass is 10.2. The maximum Gasteiger partial charge on any atom is 0.321 e. The first-order chi connectivity index (χ1) is 16.2. The number of oxazole rings is 1. The molecule has 0 aliphatic carbocycles. The van der Waals surface area contributed by atoms with E-state index in [0.717, 1.165) is 53.7 Å². The predicted octanol–water partition coefficient (Wildman–Crippen LogP) is 3.52. The number of thiazole rings is 1. The quantitative estimate of drug-likeness (QED) is 0.423. The van der Waals surface area contributed by atoms with Gasteiger partial charge >= 0.3 is 6.03 Å². The Morgan fingerprint density at radius 1 is 1.15 bits per heavy atom. The average Bonchev–Trinajstić information content (AvgIpc) is 3.39. The number of rotatable bonds is 11. The smallest absolute Gasteiger partial charge is 0.321 e. The Labute approximate surface area is 204 Å². The number of anilines is 2. The third-order valence-corrected chi connectivity index (χ3v) is 6.20. The molecule has 2 amide bonds. The fraction of sp³-hybridized carbons (Fsp3) is 0.522. The Bertz CT molecular complexity index is 1090. The number of nitrogens with one attached hydrogen (secondary N) is 2. The summed E-state index contributed by atoms with van der Waals surface area (Å²) in [6, 6.07) is 1.63. The van der Waals surface area contributed by atoms with Gasteiger partial charge in [0.05, 0.1) is 22.5 Å². The zero-order valence-corrected chi connectivity index (χ0v) is 21.6. The molecule has 3 rings (SSSR count). The van der Waals surface area contributed by atoms with Gasteiger partial charge in [0.25, 0.3) is 0 Å². The number of hydrogen-bond acceptors (Lipinski definition) is 9. The minimum Gasteiger partial charge on any atom is -0.446 e. The largest absolute Gasteiger partial charge is 0.446 e. The van der Waals surface area contributed by atoms with E-state index in [1.54, 1.807) is 6.20 Å².